The molecule has 2 aromatic rings. The summed E-state index contributed by atoms with van der Waals surface area (Å²) in [5.74, 6) is -0.275. The van der Waals surface area contributed by atoms with Crippen molar-refractivity contribution in [3.63, 3.8) is 0 Å². The first-order chi connectivity index (χ1) is 9.08. The second-order valence-electron chi connectivity index (χ2n) is 4.10. The first kappa shape index (κ1) is 13.4. The highest BCUT2D eigenvalue weighted by Gasteiger charge is 2.05. The Morgan fingerprint density at radius 3 is 2.79 bits per heavy atom. The molecular weight excluding hydrogens is 260 g/mol. The van der Waals surface area contributed by atoms with E-state index in [4.69, 9.17) is 10.8 Å². The van der Waals surface area contributed by atoms with Gasteiger partial charge in [-0.15, -0.1) is 11.8 Å². The topological polar surface area (TPSA) is 76.2 Å². The largest absolute Gasteiger partial charge is 0.478 e. The molecule has 0 aliphatic heterocycles. The number of nitrogens with zero attached hydrogens (tertiary/aromatic N) is 1. The fourth-order valence-electron chi connectivity index (χ4n) is 1.58. The summed E-state index contributed by atoms with van der Waals surface area (Å²) in [5.41, 5.74) is 8.74. The summed E-state index contributed by atoms with van der Waals surface area (Å²) in [5, 5.41) is 8.79. The molecule has 2 rings (SSSR count). The van der Waals surface area contributed by atoms with E-state index in [1.165, 1.54) is 6.20 Å². The number of carboxylic acid groups (broad SMARTS) is 1. The number of aromatic nitrogens is 1. The van der Waals surface area contributed by atoms with E-state index >= 15 is 0 Å². The quantitative estimate of drug-likeness (QED) is 0.662. The normalized spacial score (nSPS) is 10.4. The van der Waals surface area contributed by atoms with Crippen LogP contribution in [0.3, 0.4) is 0 Å². The number of carbonyl (C=O) groups is 1. The molecule has 98 valence electrons. The lowest BCUT2D eigenvalue weighted by atomic mass is 10.2. The lowest BCUT2D eigenvalue weighted by Gasteiger charge is -2.07. The van der Waals surface area contributed by atoms with Crippen LogP contribution in [-0.2, 0) is 5.75 Å². The molecule has 1 heterocycles. The van der Waals surface area contributed by atoms with Crippen molar-refractivity contribution in [2.45, 2.75) is 17.6 Å². The lowest BCUT2D eigenvalue weighted by Crippen LogP contribution is -1.98. The summed E-state index contributed by atoms with van der Waals surface area (Å²) in [6, 6.07) is 9.11. The fourth-order valence-corrected chi connectivity index (χ4v) is 2.56. The Bertz CT molecular complexity index is 597. The number of anilines is 1. The molecule has 0 aliphatic rings. The van der Waals surface area contributed by atoms with Gasteiger partial charge < -0.3 is 10.8 Å². The van der Waals surface area contributed by atoms with Crippen LogP contribution in [0.5, 0.6) is 0 Å². The van der Waals surface area contributed by atoms with Crippen molar-refractivity contribution >= 4 is 23.4 Å². The Morgan fingerprint density at radius 2 is 2.16 bits per heavy atom. The van der Waals surface area contributed by atoms with Crippen LogP contribution >= 0.6 is 11.8 Å². The molecule has 0 saturated carbocycles. The van der Waals surface area contributed by atoms with Crippen molar-refractivity contribution in [3.05, 3.63) is 53.3 Å². The third kappa shape index (κ3) is 3.26. The molecule has 4 nitrogen and oxygen atoms in total. The van der Waals surface area contributed by atoms with Gasteiger partial charge in [-0.3, -0.25) is 4.98 Å². The molecule has 0 bridgehead atoms. The minimum atomic E-state index is -0.960. The summed E-state index contributed by atoms with van der Waals surface area (Å²) in [7, 11) is 0. The van der Waals surface area contributed by atoms with Crippen molar-refractivity contribution in [3.8, 4) is 0 Å². The maximum absolute atomic E-state index is 10.7. The van der Waals surface area contributed by atoms with Gasteiger partial charge in [-0.2, -0.15) is 0 Å². The first-order valence-electron chi connectivity index (χ1n) is 5.74. The van der Waals surface area contributed by atoms with Gasteiger partial charge >= 0.3 is 5.97 Å². The number of aromatic carboxylic acids is 1. The molecule has 0 unspecified atom stereocenters. The SMILES string of the molecule is Cc1c(N)cccc1SCc1ccc(C(=O)O)cn1. The van der Waals surface area contributed by atoms with Gasteiger partial charge in [0.25, 0.3) is 0 Å². The Morgan fingerprint density at radius 1 is 1.37 bits per heavy atom. The zero-order valence-corrected chi connectivity index (χ0v) is 11.3. The van der Waals surface area contributed by atoms with E-state index in [-0.39, 0.29) is 5.56 Å². The number of pyridine rings is 1. The molecule has 0 atom stereocenters. The lowest BCUT2D eigenvalue weighted by molar-refractivity contribution is 0.0696. The molecule has 0 radical (unpaired) electrons. The standard InChI is InChI=1S/C14H14N2O2S/c1-9-12(15)3-2-4-13(9)19-8-11-6-5-10(7-16-11)14(17)18/h2-7H,8,15H2,1H3,(H,17,18). The highest BCUT2D eigenvalue weighted by atomic mass is 32.2. The molecule has 3 N–H and O–H groups in total. The number of hydrogen-bond acceptors (Lipinski definition) is 4. The summed E-state index contributed by atoms with van der Waals surface area (Å²) >= 11 is 1.64. The van der Waals surface area contributed by atoms with Crippen LogP contribution in [0.1, 0.15) is 21.6 Å². The third-order valence-corrected chi connectivity index (χ3v) is 3.97. The van der Waals surface area contributed by atoms with Gasteiger partial charge in [-0.25, -0.2) is 4.79 Å². The van der Waals surface area contributed by atoms with Crippen LogP contribution in [0.15, 0.2) is 41.4 Å². The minimum Gasteiger partial charge on any atom is -0.478 e. The molecule has 0 saturated heterocycles. The number of rotatable bonds is 4. The predicted octanol–water partition coefficient (Wildman–Crippen LogP) is 2.96. The van der Waals surface area contributed by atoms with Gasteiger partial charge in [0.05, 0.1) is 11.3 Å². The summed E-state index contributed by atoms with van der Waals surface area (Å²) < 4.78 is 0. The molecule has 1 aromatic carbocycles. The molecule has 0 aliphatic carbocycles. The molecule has 0 fully saturated rings. The molecule has 1 aromatic heterocycles. The average molecular weight is 274 g/mol. The summed E-state index contributed by atoms with van der Waals surface area (Å²) in [4.78, 5) is 16.0. The van der Waals surface area contributed by atoms with Gasteiger partial charge in [0.2, 0.25) is 0 Å². The zero-order valence-electron chi connectivity index (χ0n) is 10.5. The highest BCUT2D eigenvalue weighted by molar-refractivity contribution is 7.98. The minimum absolute atomic E-state index is 0.203. The Balaban J connectivity index is 2.06. The van der Waals surface area contributed by atoms with Crippen LogP contribution in [0.2, 0.25) is 0 Å². The summed E-state index contributed by atoms with van der Waals surface area (Å²) in [6.07, 6.45) is 1.38. The second-order valence-corrected chi connectivity index (χ2v) is 5.12. The number of nitrogen functional groups attached to an aromatic ring is 1. The smallest absolute Gasteiger partial charge is 0.337 e. The van der Waals surface area contributed by atoms with Gasteiger partial charge in [0.15, 0.2) is 0 Å². The van der Waals surface area contributed by atoms with Gasteiger partial charge in [-0.05, 0) is 36.8 Å². The Kier molecular flexibility index (Phi) is 4.06. The van der Waals surface area contributed by atoms with Crippen molar-refractivity contribution < 1.29 is 9.90 Å². The molecule has 5 heteroatoms. The van der Waals surface area contributed by atoms with E-state index < -0.39 is 5.97 Å². The van der Waals surface area contributed by atoms with E-state index in [1.807, 2.05) is 25.1 Å². The number of carboxylic acids is 1. The molecule has 0 amide bonds. The maximum atomic E-state index is 10.7. The van der Waals surface area contributed by atoms with E-state index in [9.17, 15) is 4.79 Å². The number of benzene rings is 1. The number of thioether (sulfide) groups is 1. The third-order valence-electron chi connectivity index (χ3n) is 2.77. The Labute approximate surface area is 115 Å². The first-order valence-corrected chi connectivity index (χ1v) is 6.72. The summed E-state index contributed by atoms with van der Waals surface area (Å²) in [6.45, 7) is 1.98. The molecule has 0 spiro atoms. The number of nitrogens with two attached hydrogens (primary N) is 1. The van der Waals surface area contributed by atoms with Gasteiger partial charge in [0.1, 0.15) is 0 Å². The maximum Gasteiger partial charge on any atom is 0.337 e. The average Bonchev–Trinajstić information content (AvgIpc) is 2.41. The van der Waals surface area contributed by atoms with E-state index in [0.717, 1.165) is 21.8 Å². The van der Waals surface area contributed by atoms with Crippen molar-refractivity contribution in [2.24, 2.45) is 0 Å². The van der Waals surface area contributed by atoms with Crippen LogP contribution in [0.4, 0.5) is 5.69 Å². The van der Waals surface area contributed by atoms with Crippen molar-refractivity contribution in [1.29, 1.82) is 0 Å². The zero-order chi connectivity index (χ0) is 13.8. The van der Waals surface area contributed by atoms with Crippen molar-refractivity contribution in [1.82, 2.24) is 4.98 Å². The van der Waals surface area contributed by atoms with Gasteiger partial charge in [0, 0.05) is 22.5 Å². The fraction of sp³-hybridized carbons (Fsp3) is 0.143. The highest BCUT2D eigenvalue weighted by Crippen LogP contribution is 2.28. The van der Waals surface area contributed by atoms with Crippen LogP contribution in [0.25, 0.3) is 0 Å². The second kappa shape index (κ2) is 5.75. The predicted molar refractivity (Wildman–Crippen MR) is 76.3 cm³/mol. The van der Waals surface area contributed by atoms with Crippen LogP contribution in [0, 0.1) is 6.92 Å². The molecule has 19 heavy (non-hydrogen) atoms. The van der Waals surface area contributed by atoms with Crippen LogP contribution < -0.4 is 5.73 Å². The number of hydrogen-bond donors (Lipinski definition) is 2. The van der Waals surface area contributed by atoms with Gasteiger partial charge in [-0.1, -0.05) is 6.07 Å². The monoisotopic (exact) mass is 274 g/mol. The van der Waals surface area contributed by atoms with Crippen LogP contribution in [-0.4, -0.2) is 16.1 Å². The van der Waals surface area contributed by atoms with Crippen molar-refractivity contribution in [2.75, 3.05) is 5.73 Å². The van der Waals surface area contributed by atoms with E-state index in [0.29, 0.717) is 5.75 Å². The Hall–Kier alpha value is -2.01. The molecular formula is C14H14N2O2S. The van der Waals surface area contributed by atoms with E-state index in [2.05, 4.69) is 4.98 Å². The van der Waals surface area contributed by atoms with E-state index in [1.54, 1.807) is 23.9 Å².